The molecule has 0 aliphatic rings. The first-order valence-corrected chi connectivity index (χ1v) is 11.8. The first-order chi connectivity index (χ1) is 10.5. The van der Waals surface area contributed by atoms with Gasteiger partial charge in [-0.25, -0.2) is 0 Å². The van der Waals surface area contributed by atoms with E-state index in [1.807, 2.05) is 57.2 Å². The summed E-state index contributed by atoms with van der Waals surface area (Å²) in [5.41, 5.74) is 4.01. The SMILES string of the molecule is C=CC/C(=C\[Si](C)(C)C)[C@@H](OC(C)(C)C)[C@@H](O)c1ccccc1. The zero-order valence-electron chi connectivity index (χ0n) is 15.5. The quantitative estimate of drug-likeness (QED) is 0.543. The largest absolute Gasteiger partial charge is 0.385 e. The van der Waals surface area contributed by atoms with Crippen molar-refractivity contribution in [3.05, 3.63) is 59.8 Å². The van der Waals surface area contributed by atoms with Gasteiger partial charge in [0.15, 0.2) is 0 Å². The molecule has 0 aromatic heterocycles. The fraction of sp³-hybridized carbons (Fsp3) is 0.500. The van der Waals surface area contributed by atoms with Crippen molar-refractivity contribution in [1.29, 1.82) is 0 Å². The molecule has 0 radical (unpaired) electrons. The first kappa shape index (κ1) is 19.9. The predicted molar refractivity (Wildman–Crippen MR) is 102 cm³/mol. The minimum absolute atomic E-state index is 0.333. The topological polar surface area (TPSA) is 29.5 Å². The Morgan fingerprint density at radius 1 is 1.22 bits per heavy atom. The molecule has 1 rings (SSSR count). The average Bonchev–Trinajstić information content (AvgIpc) is 2.42. The Balaban J connectivity index is 3.26. The summed E-state index contributed by atoms with van der Waals surface area (Å²) in [7, 11) is -1.44. The number of aliphatic hydroxyl groups excluding tert-OH is 1. The van der Waals surface area contributed by atoms with Gasteiger partial charge in [0.1, 0.15) is 12.2 Å². The summed E-state index contributed by atoms with van der Waals surface area (Å²) in [6, 6.07) is 9.75. The molecule has 23 heavy (non-hydrogen) atoms. The van der Waals surface area contributed by atoms with E-state index in [4.69, 9.17) is 4.74 Å². The summed E-state index contributed by atoms with van der Waals surface area (Å²) in [6.45, 7) is 16.8. The third-order valence-electron chi connectivity index (χ3n) is 3.27. The van der Waals surface area contributed by atoms with Gasteiger partial charge < -0.3 is 9.84 Å². The van der Waals surface area contributed by atoms with Gasteiger partial charge in [0, 0.05) is 0 Å². The van der Waals surface area contributed by atoms with E-state index in [0.717, 1.165) is 17.6 Å². The number of aliphatic hydroxyl groups is 1. The molecule has 0 aliphatic heterocycles. The van der Waals surface area contributed by atoms with Crippen LogP contribution in [-0.4, -0.2) is 24.9 Å². The number of ether oxygens (including phenoxy) is 1. The molecule has 3 heteroatoms. The molecule has 0 saturated heterocycles. The number of rotatable bonds is 7. The van der Waals surface area contributed by atoms with Crippen molar-refractivity contribution in [2.24, 2.45) is 0 Å². The van der Waals surface area contributed by atoms with Crippen LogP contribution >= 0.6 is 0 Å². The van der Waals surface area contributed by atoms with Crippen LogP contribution in [0.2, 0.25) is 19.6 Å². The maximum Gasteiger partial charge on any atom is 0.109 e. The van der Waals surface area contributed by atoms with Crippen LogP contribution in [-0.2, 0) is 4.74 Å². The van der Waals surface area contributed by atoms with E-state index < -0.39 is 14.2 Å². The van der Waals surface area contributed by atoms with Crippen molar-refractivity contribution in [2.75, 3.05) is 0 Å². The van der Waals surface area contributed by atoms with E-state index in [9.17, 15) is 5.11 Å². The van der Waals surface area contributed by atoms with Crippen molar-refractivity contribution in [1.82, 2.24) is 0 Å². The first-order valence-electron chi connectivity index (χ1n) is 8.27. The Bertz CT molecular complexity index is 521. The second kappa shape index (κ2) is 8.09. The summed E-state index contributed by atoms with van der Waals surface area (Å²) in [4.78, 5) is 0. The highest BCUT2D eigenvalue weighted by Gasteiger charge is 2.30. The van der Waals surface area contributed by atoms with E-state index in [1.54, 1.807) is 0 Å². The third-order valence-corrected chi connectivity index (χ3v) is 4.51. The van der Waals surface area contributed by atoms with Crippen molar-refractivity contribution in [3.63, 3.8) is 0 Å². The number of benzene rings is 1. The van der Waals surface area contributed by atoms with Gasteiger partial charge in [-0.2, -0.15) is 0 Å². The minimum atomic E-state index is -1.44. The molecular formula is C20H32O2Si. The highest BCUT2D eigenvalue weighted by molar-refractivity contribution is 6.81. The van der Waals surface area contributed by atoms with Crippen LogP contribution in [0.4, 0.5) is 0 Å². The fourth-order valence-corrected chi connectivity index (χ4v) is 3.92. The highest BCUT2D eigenvalue weighted by atomic mass is 28.3. The molecule has 0 heterocycles. The summed E-state index contributed by atoms with van der Waals surface area (Å²) in [6.07, 6.45) is 1.58. The van der Waals surface area contributed by atoms with Crippen LogP contribution in [0.15, 0.2) is 54.3 Å². The normalized spacial score (nSPS) is 16.0. The lowest BCUT2D eigenvalue weighted by atomic mass is 9.96. The monoisotopic (exact) mass is 332 g/mol. The lowest BCUT2D eigenvalue weighted by Crippen LogP contribution is -2.34. The lowest BCUT2D eigenvalue weighted by Gasteiger charge is -2.33. The molecule has 1 aromatic rings. The molecule has 1 N–H and O–H groups in total. The Kier molecular flexibility index (Phi) is 6.99. The molecule has 2 atom stereocenters. The van der Waals surface area contributed by atoms with Gasteiger partial charge in [0.05, 0.1) is 13.7 Å². The van der Waals surface area contributed by atoms with Gasteiger partial charge in [-0.05, 0) is 38.3 Å². The molecule has 128 valence electrons. The lowest BCUT2D eigenvalue weighted by molar-refractivity contribution is -0.0951. The predicted octanol–water partition coefficient (Wildman–Crippen LogP) is 5.28. The van der Waals surface area contributed by atoms with E-state index in [-0.39, 0.29) is 11.7 Å². The van der Waals surface area contributed by atoms with Crippen LogP contribution in [0, 0.1) is 0 Å². The second-order valence-electron chi connectivity index (χ2n) is 8.08. The van der Waals surface area contributed by atoms with Gasteiger partial charge in [-0.3, -0.25) is 0 Å². The third kappa shape index (κ3) is 7.29. The van der Waals surface area contributed by atoms with Crippen LogP contribution in [0.1, 0.15) is 38.9 Å². The van der Waals surface area contributed by atoms with Crippen LogP contribution in [0.5, 0.6) is 0 Å². The molecule has 0 saturated carbocycles. The molecule has 0 fully saturated rings. The molecule has 0 bridgehead atoms. The summed E-state index contributed by atoms with van der Waals surface area (Å²) < 4.78 is 6.27. The molecule has 1 aromatic carbocycles. The zero-order chi connectivity index (χ0) is 17.7. The zero-order valence-corrected chi connectivity index (χ0v) is 16.5. The maximum absolute atomic E-state index is 11.0. The Labute approximate surface area is 142 Å². The molecule has 0 spiro atoms. The van der Waals surface area contributed by atoms with Crippen molar-refractivity contribution in [2.45, 2.75) is 64.6 Å². The molecule has 0 aliphatic carbocycles. The van der Waals surface area contributed by atoms with E-state index in [2.05, 4.69) is 31.9 Å². The maximum atomic E-state index is 11.0. The number of hydrogen-bond donors (Lipinski definition) is 1. The Morgan fingerprint density at radius 3 is 2.22 bits per heavy atom. The van der Waals surface area contributed by atoms with Gasteiger partial charge in [0.2, 0.25) is 0 Å². The van der Waals surface area contributed by atoms with Crippen molar-refractivity contribution in [3.8, 4) is 0 Å². The summed E-state index contributed by atoms with van der Waals surface area (Å²) in [5, 5.41) is 11.0. The summed E-state index contributed by atoms with van der Waals surface area (Å²) >= 11 is 0. The van der Waals surface area contributed by atoms with Crippen molar-refractivity contribution >= 4 is 8.07 Å². The van der Waals surface area contributed by atoms with Gasteiger partial charge in [0.25, 0.3) is 0 Å². The molecular weight excluding hydrogens is 300 g/mol. The van der Waals surface area contributed by atoms with Gasteiger partial charge in [-0.1, -0.05) is 61.7 Å². The van der Waals surface area contributed by atoms with Crippen LogP contribution in [0.3, 0.4) is 0 Å². The minimum Gasteiger partial charge on any atom is -0.385 e. The van der Waals surface area contributed by atoms with Crippen molar-refractivity contribution < 1.29 is 9.84 Å². The van der Waals surface area contributed by atoms with Crippen LogP contribution in [0.25, 0.3) is 0 Å². The highest BCUT2D eigenvalue weighted by Crippen LogP contribution is 2.31. The second-order valence-corrected chi connectivity index (χ2v) is 13.1. The molecule has 2 nitrogen and oxygen atoms in total. The number of allylic oxidation sites excluding steroid dienone is 1. The van der Waals surface area contributed by atoms with Crippen LogP contribution < -0.4 is 0 Å². The molecule has 0 unspecified atom stereocenters. The van der Waals surface area contributed by atoms with E-state index >= 15 is 0 Å². The fourth-order valence-electron chi connectivity index (χ4n) is 2.53. The Hall–Kier alpha value is -1.16. The average molecular weight is 333 g/mol. The van der Waals surface area contributed by atoms with Gasteiger partial charge >= 0.3 is 0 Å². The van der Waals surface area contributed by atoms with E-state index in [0.29, 0.717) is 0 Å². The molecule has 0 amide bonds. The number of hydrogen-bond acceptors (Lipinski definition) is 2. The summed E-state index contributed by atoms with van der Waals surface area (Å²) in [5.74, 6) is 0. The smallest absolute Gasteiger partial charge is 0.109 e. The van der Waals surface area contributed by atoms with Gasteiger partial charge in [-0.15, -0.1) is 6.58 Å². The Morgan fingerprint density at radius 2 is 1.78 bits per heavy atom. The standard InChI is InChI=1S/C20H32O2Si/c1-8-12-17(15-23(5,6)7)19(22-20(2,3)4)18(21)16-13-10-9-11-14-16/h8-11,13-15,18-19,21H,1,12H2,2-7H3/b17-15+/t18-,19+/m0/s1. The van der Waals surface area contributed by atoms with E-state index in [1.165, 1.54) is 0 Å².